The maximum absolute atomic E-state index is 12.4. The van der Waals surface area contributed by atoms with E-state index in [1.165, 1.54) is 6.21 Å². The Morgan fingerprint density at radius 2 is 1.61 bits per heavy atom. The Kier molecular flexibility index (Phi) is 11.7. The highest BCUT2D eigenvalue weighted by atomic mass is 16.5. The van der Waals surface area contributed by atoms with Crippen LogP contribution in [-0.4, -0.2) is 43.8 Å². The Morgan fingerprint density at radius 3 is 2.34 bits per heavy atom. The van der Waals surface area contributed by atoms with Crippen molar-refractivity contribution in [3.8, 4) is 17.2 Å². The lowest BCUT2D eigenvalue weighted by Gasteiger charge is -2.13. The van der Waals surface area contributed by atoms with Gasteiger partial charge in [0.2, 0.25) is 0 Å². The van der Waals surface area contributed by atoms with E-state index in [1.54, 1.807) is 42.5 Å². The van der Waals surface area contributed by atoms with Crippen LogP contribution >= 0.6 is 0 Å². The number of hydrogen-bond acceptors (Lipinski definition) is 7. The van der Waals surface area contributed by atoms with Crippen LogP contribution in [0.25, 0.3) is 0 Å². The smallest absolute Gasteiger partial charge is 0.329 e. The second kappa shape index (κ2) is 15.7. The number of carbonyl (C=O) groups is 3. The molecule has 3 aromatic carbocycles. The number of anilines is 2. The Morgan fingerprint density at radius 1 is 0.829 bits per heavy atom. The zero-order valence-electron chi connectivity index (χ0n) is 23.8. The van der Waals surface area contributed by atoms with Crippen molar-refractivity contribution in [3.05, 3.63) is 77.4 Å². The summed E-state index contributed by atoms with van der Waals surface area (Å²) >= 11 is 0. The second-order valence-electron chi connectivity index (χ2n) is 9.17. The maximum Gasteiger partial charge on any atom is 0.329 e. The minimum atomic E-state index is -0.927. The molecule has 0 atom stereocenters. The number of ether oxygens (including phenoxy) is 3. The number of benzene rings is 3. The van der Waals surface area contributed by atoms with Gasteiger partial charge in [-0.1, -0.05) is 25.5 Å². The summed E-state index contributed by atoms with van der Waals surface area (Å²) in [6.45, 7) is 8.56. The summed E-state index contributed by atoms with van der Waals surface area (Å²) in [5.41, 5.74) is 5.97. The van der Waals surface area contributed by atoms with Crippen molar-refractivity contribution in [1.82, 2.24) is 5.43 Å². The molecule has 0 saturated carbocycles. The standard InChI is InChI=1S/C31H36N4O6/c1-5-7-16-40-25-13-11-24(12-14-25)33-30(37)31(38)35-32-19-23-10-15-27(28(18-23)39-6-2)41-20-29(36)34-26-17-21(3)8-9-22(26)4/h8-15,17-19H,5-7,16,20H2,1-4H3,(H,33,37)(H,34,36)(H,35,38)/b32-19-. The minimum absolute atomic E-state index is 0.208. The normalized spacial score (nSPS) is 10.6. The van der Waals surface area contributed by atoms with E-state index in [0.29, 0.717) is 41.7 Å². The number of rotatable bonds is 13. The van der Waals surface area contributed by atoms with Crippen LogP contribution in [0.3, 0.4) is 0 Å². The lowest BCUT2D eigenvalue weighted by molar-refractivity contribution is -0.136. The van der Waals surface area contributed by atoms with Gasteiger partial charge in [0.05, 0.1) is 19.4 Å². The third-order valence-corrected chi connectivity index (χ3v) is 5.76. The van der Waals surface area contributed by atoms with Gasteiger partial charge < -0.3 is 24.8 Å². The zero-order valence-corrected chi connectivity index (χ0v) is 23.8. The highest BCUT2D eigenvalue weighted by Gasteiger charge is 2.14. The van der Waals surface area contributed by atoms with Crippen molar-refractivity contribution in [2.24, 2.45) is 5.10 Å². The molecule has 0 aliphatic rings. The largest absolute Gasteiger partial charge is 0.494 e. The van der Waals surface area contributed by atoms with E-state index in [2.05, 4.69) is 28.1 Å². The first-order valence-corrected chi connectivity index (χ1v) is 13.4. The fraction of sp³-hybridized carbons (Fsp3) is 0.290. The molecule has 41 heavy (non-hydrogen) atoms. The van der Waals surface area contributed by atoms with Gasteiger partial charge in [-0.2, -0.15) is 5.10 Å². The molecule has 0 unspecified atom stereocenters. The number of aryl methyl sites for hydroxylation is 2. The molecule has 0 aliphatic carbocycles. The molecule has 0 spiro atoms. The molecule has 216 valence electrons. The number of carbonyl (C=O) groups excluding carboxylic acids is 3. The SMILES string of the molecule is CCCCOc1ccc(NC(=O)C(=O)N/N=C\c2ccc(OCC(=O)Nc3cc(C)ccc3C)c(OCC)c2)cc1. The summed E-state index contributed by atoms with van der Waals surface area (Å²) in [5.74, 6) is -0.616. The predicted octanol–water partition coefficient (Wildman–Crippen LogP) is 4.99. The van der Waals surface area contributed by atoms with E-state index >= 15 is 0 Å². The zero-order chi connectivity index (χ0) is 29.6. The molecule has 3 rings (SSSR count). The first kappa shape index (κ1) is 30.7. The number of hydrazone groups is 1. The van der Waals surface area contributed by atoms with Crippen LogP contribution in [0.1, 0.15) is 43.4 Å². The fourth-order valence-electron chi connectivity index (χ4n) is 3.57. The number of nitrogens with zero attached hydrogens (tertiary/aromatic N) is 1. The van der Waals surface area contributed by atoms with Gasteiger partial charge in [-0.15, -0.1) is 0 Å². The second-order valence-corrected chi connectivity index (χ2v) is 9.17. The Labute approximate surface area is 240 Å². The van der Waals surface area contributed by atoms with Gasteiger partial charge in [-0.25, -0.2) is 5.43 Å². The van der Waals surface area contributed by atoms with E-state index < -0.39 is 11.8 Å². The van der Waals surface area contributed by atoms with Crippen molar-refractivity contribution in [2.45, 2.75) is 40.5 Å². The molecule has 0 bridgehead atoms. The lowest BCUT2D eigenvalue weighted by Crippen LogP contribution is -2.32. The first-order chi connectivity index (χ1) is 19.8. The van der Waals surface area contributed by atoms with Crippen molar-refractivity contribution in [1.29, 1.82) is 0 Å². The molecule has 0 radical (unpaired) electrons. The summed E-state index contributed by atoms with van der Waals surface area (Å²) in [5, 5.41) is 9.23. The van der Waals surface area contributed by atoms with E-state index in [0.717, 1.165) is 29.7 Å². The van der Waals surface area contributed by atoms with Crippen molar-refractivity contribution in [3.63, 3.8) is 0 Å². The van der Waals surface area contributed by atoms with Gasteiger partial charge in [0, 0.05) is 11.4 Å². The van der Waals surface area contributed by atoms with Gasteiger partial charge in [0.25, 0.3) is 5.91 Å². The van der Waals surface area contributed by atoms with E-state index in [9.17, 15) is 14.4 Å². The monoisotopic (exact) mass is 560 g/mol. The third kappa shape index (κ3) is 9.99. The van der Waals surface area contributed by atoms with Crippen molar-refractivity contribution in [2.75, 3.05) is 30.5 Å². The molecule has 0 fully saturated rings. The van der Waals surface area contributed by atoms with Gasteiger partial charge in [0.15, 0.2) is 18.1 Å². The number of unbranched alkanes of at least 4 members (excludes halogenated alkanes) is 1. The Hall–Kier alpha value is -4.86. The average molecular weight is 561 g/mol. The Balaban J connectivity index is 1.52. The molecule has 0 heterocycles. The molecule has 0 aromatic heterocycles. The van der Waals surface area contributed by atoms with Crippen LogP contribution < -0.4 is 30.3 Å². The first-order valence-electron chi connectivity index (χ1n) is 13.4. The quantitative estimate of drug-likeness (QED) is 0.117. The summed E-state index contributed by atoms with van der Waals surface area (Å²) in [4.78, 5) is 36.8. The maximum atomic E-state index is 12.4. The number of nitrogens with one attached hydrogen (secondary N) is 3. The number of hydrogen-bond donors (Lipinski definition) is 3. The van der Waals surface area contributed by atoms with Crippen LogP contribution in [0.4, 0.5) is 11.4 Å². The fourth-order valence-corrected chi connectivity index (χ4v) is 3.57. The summed E-state index contributed by atoms with van der Waals surface area (Å²) < 4.78 is 16.9. The van der Waals surface area contributed by atoms with Crippen molar-refractivity contribution >= 4 is 35.3 Å². The van der Waals surface area contributed by atoms with Crippen molar-refractivity contribution < 1.29 is 28.6 Å². The summed E-state index contributed by atoms with van der Waals surface area (Å²) in [6.07, 6.45) is 3.36. The molecule has 0 saturated heterocycles. The van der Waals surface area contributed by atoms with Gasteiger partial charge >= 0.3 is 11.8 Å². The molecule has 3 aromatic rings. The molecule has 3 N–H and O–H groups in total. The lowest BCUT2D eigenvalue weighted by atomic mass is 10.1. The van der Waals surface area contributed by atoms with Crippen LogP contribution in [0.2, 0.25) is 0 Å². The topological polar surface area (TPSA) is 127 Å². The van der Waals surface area contributed by atoms with Gasteiger partial charge in [-0.3, -0.25) is 14.4 Å². The van der Waals surface area contributed by atoms with Crippen LogP contribution in [-0.2, 0) is 14.4 Å². The van der Waals surface area contributed by atoms with Crippen LogP contribution in [0.15, 0.2) is 65.8 Å². The van der Waals surface area contributed by atoms with Crippen LogP contribution in [0.5, 0.6) is 17.2 Å². The molecular weight excluding hydrogens is 524 g/mol. The molecule has 10 nitrogen and oxygen atoms in total. The minimum Gasteiger partial charge on any atom is -0.494 e. The predicted molar refractivity (Wildman–Crippen MR) is 159 cm³/mol. The van der Waals surface area contributed by atoms with E-state index in [1.807, 2.05) is 39.0 Å². The third-order valence-electron chi connectivity index (χ3n) is 5.76. The molecular formula is C31H36N4O6. The molecule has 3 amide bonds. The molecule has 10 heteroatoms. The summed E-state index contributed by atoms with van der Waals surface area (Å²) in [6, 6.07) is 17.6. The van der Waals surface area contributed by atoms with Gasteiger partial charge in [0.1, 0.15) is 5.75 Å². The molecule has 0 aliphatic heterocycles. The van der Waals surface area contributed by atoms with Crippen LogP contribution in [0, 0.1) is 13.8 Å². The average Bonchev–Trinajstić information content (AvgIpc) is 2.95. The van der Waals surface area contributed by atoms with E-state index in [4.69, 9.17) is 14.2 Å². The summed E-state index contributed by atoms with van der Waals surface area (Å²) in [7, 11) is 0. The highest BCUT2D eigenvalue weighted by Crippen LogP contribution is 2.28. The highest BCUT2D eigenvalue weighted by molar-refractivity contribution is 6.39. The Bertz CT molecular complexity index is 1370. The number of amides is 3. The van der Waals surface area contributed by atoms with Gasteiger partial charge in [-0.05, 0) is 92.4 Å². The van der Waals surface area contributed by atoms with E-state index in [-0.39, 0.29) is 12.5 Å².